The third kappa shape index (κ3) is 2.29. The second-order valence-electron chi connectivity index (χ2n) is 5.06. The Morgan fingerprint density at radius 2 is 1.82 bits per heavy atom. The molecular formula is C12H16N4O. The van der Waals surface area contributed by atoms with Gasteiger partial charge in [0.05, 0.1) is 5.56 Å². The molecule has 2 heterocycles. The van der Waals surface area contributed by atoms with Gasteiger partial charge < -0.3 is 0 Å². The molecule has 1 saturated carbocycles. The molecule has 1 N–H and O–H groups in total. The molecule has 2 fully saturated rings. The molecule has 1 aromatic heterocycles. The fraction of sp³-hybridized carbons (Fsp3) is 0.583. The number of carbonyl (C=O) groups is 1. The third-order valence-electron chi connectivity index (χ3n) is 3.86. The molecule has 5 heteroatoms. The maximum atomic E-state index is 11.9. The Labute approximate surface area is 100 Å². The van der Waals surface area contributed by atoms with Crippen LogP contribution < -0.4 is 5.43 Å². The van der Waals surface area contributed by atoms with Gasteiger partial charge in [-0.2, -0.15) is 0 Å². The molecule has 2 aliphatic rings. The lowest BCUT2D eigenvalue weighted by Crippen LogP contribution is -2.47. The van der Waals surface area contributed by atoms with Crippen LogP contribution in [0.1, 0.15) is 36.0 Å². The number of rotatable bonds is 2. The van der Waals surface area contributed by atoms with Crippen LogP contribution in [-0.2, 0) is 0 Å². The molecular weight excluding hydrogens is 216 g/mol. The Morgan fingerprint density at radius 3 is 2.41 bits per heavy atom. The van der Waals surface area contributed by atoms with Crippen LogP contribution in [0.15, 0.2) is 18.7 Å². The molecule has 0 unspecified atom stereocenters. The molecule has 90 valence electrons. The summed E-state index contributed by atoms with van der Waals surface area (Å²) in [6.45, 7) is 1.92. The predicted octanol–water partition coefficient (Wildman–Crippen LogP) is 0.997. The van der Waals surface area contributed by atoms with Crippen LogP contribution in [0.5, 0.6) is 0 Å². The number of aromatic nitrogens is 2. The zero-order chi connectivity index (χ0) is 11.7. The molecule has 17 heavy (non-hydrogen) atoms. The summed E-state index contributed by atoms with van der Waals surface area (Å²) in [6.07, 6.45) is 9.66. The summed E-state index contributed by atoms with van der Waals surface area (Å²) >= 11 is 0. The Hall–Kier alpha value is -1.49. The van der Waals surface area contributed by atoms with Gasteiger partial charge in [-0.05, 0) is 31.1 Å². The normalized spacial score (nSPS) is 22.4. The Morgan fingerprint density at radius 1 is 1.18 bits per heavy atom. The van der Waals surface area contributed by atoms with E-state index in [9.17, 15) is 4.79 Å². The maximum Gasteiger partial charge on any atom is 0.268 e. The van der Waals surface area contributed by atoms with E-state index < -0.39 is 0 Å². The molecule has 1 aliphatic heterocycles. The zero-order valence-electron chi connectivity index (χ0n) is 9.72. The van der Waals surface area contributed by atoms with Crippen molar-refractivity contribution in [3.05, 3.63) is 24.3 Å². The van der Waals surface area contributed by atoms with Crippen LogP contribution in [0.2, 0.25) is 0 Å². The number of carbonyl (C=O) groups excluding carboxylic acids is 1. The highest BCUT2D eigenvalue weighted by molar-refractivity contribution is 5.93. The minimum atomic E-state index is -0.114. The van der Waals surface area contributed by atoms with Gasteiger partial charge in [0.25, 0.3) is 5.91 Å². The van der Waals surface area contributed by atoms with Crippen molar-refractivity contribution in [2.75, 3.05) is 13.1 Å². The van der Waals surface area contributed by atoms with Gasteiger partial charge in [0.2, 0.25) is 0 Å². The van der Waals surface area contributed by atoms with E-state index in [2.05, 4.69) is 15.4 Å². The van der Waals surface area contributed by atoms with E-state index in [1.807, 2.05) is 5.01 Å². The predicted molar refractivity (Wildman–Crippen MR) is 62.0 cm³/mol. The third-order valence-corrected chi connectivity index (χ3v) is 3.86. The number of piperidine rings is 1. The monoisotopic (exact) mass is 232 g/mol. The number of hydrogen-bond donors (Lipinski definition) is 1. The van der Waals surface area contributed by atoms with E-state index >= 15 is 0 Å². The first kappa shape index (κ1) is 10.7. The summed E-state index contributed by atoms with van der Waals surface area (Å²) in [5, 5.41) is 2.01. The average molecular weight is 232 g/mol. The largest absolute Gasteiger partial charge is 0.285 e. The van der Waals surface area contributed by atoms with Crippen molar-refractivity contribution in [1.29, 1.82) is 0 Å². The van der Waals surface area contributed by atoms with Crippen molar-refractivity contribution in [1.82, 2.24) is 20.4 Å². The van der Waals surface area contributed by atoms with E-state index in [1.54, 1.807) is 0 Å². The van der Waals surface area contributed by atoms with E-state index in [-0.39, 0.29) is 5.91 Å². The molecule has 1 aliphatic carbocycles. The van der Waals surface area contributed by atoms with Crippen molar-refractivity contribution in [2.45, 2.75) is 25.7 Å². The SMILES string of the molecule is O=C(NN1CCC2(CC1)CC2)c1cncnc1. The lowest BCUT2D eigenvalue weighted by molar-refractivity contribution is 0.0682. The molecule has 1 spiro atoms. The van der Waals surface area contributed by atoms with Gasteiger partial charge in [-0.1, -0.05) is 0 Å². The van der Waals surface area contributed by atoms with Gasteiger partial charge in [-0.15, -0.1) is 0 Å². The fourth-order valence-electron chi connectivity index (χ4n) is 2.39. The first-order valence-electron chi connectivity index (χ1n) is 6.08. The Kier molecular flexibility index (Phi) is 2.55. The zero-order valence-corrected chi connectivity index (χ0v) is 9.72. The lowest BCUT2D eigenvalue weighted by Gasteiger charge is -2.31. The van der Waals surface area contributed by atoms with Crippen molar-refractivity contribution >= 4 is 5.91 Å². The lowest BCUT2D eigenvalue weighted by atomic mass is 9.95. The van der Waals surface area contributed by atoms with Crippen LogP contribution in [0, 0.1) is 5.41 Å². The van der Waals surface area contributed by atoms with Crippen molar-refractivity contribution in [3.8, 4) is 0 Å². The summed E-state index contributed by atoms with van der Waals surface area (Å²) in [5.74, 6) is -0.114. The van der Waals surface area contributed by atoms with Gasteiger partial charge in [0, 0.05) is 25.5 Å². The fourth-order valence-corrected chi connectivity index (χ4v) is 2.39. The van der Waals surface area contributed by atoms with Crippen LogP contribution in [0.4, 0.5) is 0 Å². The van der Waals surface area contributed by atoms with Gasteiger partial charge >= 0.3 is 0 Å². The van der Waals surface area contributed by atoms with Crippen LogP contribution in [0.3, 0.4) is 0 Å². The highest BCUT2D eigenvalue weighted by Gasteiger charge is 2.44. The molecule has 0 atom stereocenters. The molecule has 5 nitrogen and oxygen atoms in total. The molecule has 1 aromatic rings. The summed E-state index contributed by atoms with van der Waals surface area (Å²) < 4.78 is 0. The van der Waals surface area contributed by atoms with Crippen LogP contribution in [0.25, 0.3) is 0 Å². The minimum absolute atomic E-state index is 0.114. The van der Waals surface area contributed by atoms with E-state index in [1.165, 1.54) is 44.4 Å². The summed E-state index contributed by atoms with van der Waals surface area (Å²) in [5.41, 5.74) is 4.06. The van der Waals surface area contributed by atoms with Crippen molar-refractivity contribution < 1.29 is 4.79 Å². The standard InChI is InChI=1S/C12H16N4O/c17-11(10-7-13-9-14-8-10)15-16-5-3-12(1-2-12)4-6-16/h7-9H,1-6H2,(H,15,17). The average Bonchev–Trinajstić information content (AvgIpc) is 3.13. The first-order chi connectivity index (χ1) is 8.27. The van der Waals surface area contributed by atoms with Gasteiger partial charge in [-0.3, -0.25) is 10.2 Å². The molecule has 0 aromatic carbocycles. The van der Waals surface area contributed by atoms with E-state index in [4.69, 9.17) is 0 Å². The smallest absolute Gasteiger partial charge is 0.268 e. The van der Waals surface area contributed by atoms with Crippen molar-refractivity contribution in [2.24, 2.45) is 5.41 Å². The summed E-state index contributed by atoms with van der Waals surface area (Å²) in [4.78, 5) is 19.5. The highest BCUT2D eigenvalue weighted by atomic mass is 16.2. The first-order valence-corrected chi connectivity index (χ1v) is 6.08. The van der Waals surface area contributed by atoms with Gasteiger partial charge in [-0.25, -0.2) is 15.0 Å². The van der Waals surface area contributed by atoms with Gasteiger partial charge in [0.1, 0.15) is 6.33 Å². The number of hydrazine groups is 1. The topological polar surface area (TPSA) is 58.1 Å². The van der Waals surface area contributed by atoms with E-state index in [0.29, 0.717) is 11.0 Å². The molecule has 1 amide bonds. The molecule has 3 rings (SSSR count). The Balaban J connectivity index is 1.55. The summed E-state index contributed by atoms with van der Waals surface area (Å²) in [7, 11) is 0. The Bertz CT molecular complexity index is 406. The number of nitrogens with zero attached hydrogens (tertiary/aromatic N) is 3. The highest BCUT2D eigenvalue weighted by Crippen LogP contribution is 2.53. The van der Waals surface area contributed by atoms with Crippen LogP contribution >= 0.6 is 0 Å². The van der Waals surface area contributed by atoms with E-state index in [0.717, 1.165) is 13.1 Å². The second kappa shape index (κ2) is 4.07. The number of amides is 1. The van der Waals surface area contributed by atoms with Gasteiger partial charge in [0.15, 0.2) is 0 Å². The molecule has 1 saturated heterocycles. The van der Waals surface area contributed by atoms with Crippen LogP contribution in [-0.4, -0.2) is 34.0 Å². The van der Waals surface area contributed by atoms with Crippen molar-refractivity contribution in [3.63, 3.8) is 0 Å². The maximum absolute atomic E-state index is 11.9. The second-order valence-corrected chi connectivity index (χ2v) is 5.06. The summed E-state index contributed by atoms with van der Waals surface area (Å²) in [6, 6.07) is 0. The number of nitrogens with one attached hydrogen (secondary N) is 1. The minimum Gasteiger partial charge on any atom is -0.285 e. The number of hydrogen-bond acceptors (Lipinski definition) is 4. The quantitative estimate of drug-likeness (QED) is 0.826. The molecule has 0 bridgehead atoms. The molecule has 0 radical (unpaired) electrons.